The molecule has 0 aromatic carbocycles. The molecule has 0 atom stereocenters. The van der Waals surface area contributed by atoms with Crippen LogP contribution < -0.4 is 17.1 Å². The Morgan fingerprint density at radius 1 is 0.655 bits per heavy atom. The van der Waals surface area contributed by atoms with Crippen LogP contribution in [0.25, 0.3) is 0 Å². The minimum absolute atomic E-state index is 0.471. The summed E-state index contributed by atoms with van der Waals surface area (Å²) in [4.78, 5) is 77.5. The predicted molar refractivity (Wildman–Crippen MR) is 93.8 cm³/mol. The van der Waals surface area contributed by atoms with Crippen molar-refractivity contribution in [3.8, 4) is 0 Å². The quantitative estimate of drug-likeness (QED) is 0.301. The molecular formula is C15H19N3O11. The lowest BCUT2D eigenvalue weighted by Crippen LogP contribution is -2.55. The molecule has 0 saturated carbocycles. The molecule has 160 valence electrons. The van der Waals surface area contributed by atoms with Gasteiger partial charge in [0.25, 0.3) is 0 Å². The number of carboxylic acid groups (broad SMARTS) is 4. The van der Waals surface area contributed by atoms with Crippen LogP contribution >= 0.6 is 0 Å². The Hall–Kier alpha value is -3.97. The summed E-state index contributed by atoms with van der Waals surface area (Å²) in [7, 11) is 0. The van der Waals surface area contributed by atoms with Crippen molar-refractivity contribution in [3.63, 3.8) is 0 Å². The lowest BCUT2D eigenvalue weighted by molar-refractivity contribution is -0.138. The first-order valence-corrected chi connectivity index (χ1v) is 7.87. The summed E-state index contributed by atoms with van der Waals surface area (Å²) >= 11 is 0. The first-order valence-electron chi connectivity index (χ1n) is 7.87. The maximum atomic E-state index is 12.1. The maximum absolute atomic E-state index is 12.1. The standard InChI is InChI=1S/C12H15N3O9.C3H4O2/c16-7(17)1-4-13-10(22)14(5-2-8(18)19)12(24)15(11(13)23)6-3-9(20)21;1-2-3(4)5/h1-6H2,(H,16,17)(H,18,19)(H,20,21);2H,1H2,(H,4,5). The summed E-state index contributed by atoms with van der Waals surface area (Å²) in [6, 6.07) is 0. The molecule has 0 aliphatic heterocycles. The van der Waals surface area contributed by atoms with Gasteiger partial charge in [0.2, 0.25) is 0 Å². The van der Waals surface area contributed by atoms with Gasteiger partial charge in [-0.3, -0.25) is 14.4 Å². The van der Waals surface area contributed by atoms with E-state index in [1.54, 1.807) is 0 Å². The van der Waals surface area contributed by atoms with Gasteiger partial charge in [-0.1, -0.05) is 6.58 Å². The van der Waals surface area contributed by atoms with Gasteiger partial charge in [-0.15, -0.1) is 0 Å². The third kappa shape index (κ3) is 8.51. The zero-order chi connectivity index (χ0) is 22.7. The molecule has 0 aliphatic carbocycles. The predicted octanol–water partition coefficient (Wildman–Crippen LogP) is -2.15. The van der Waals surface area contributed by atoms with Crippen LogP contribution in [0.5, 0.6) is 0 Å². The molecule has 0 bridgehead atoms. The number of hydrogen-bond donors (Lipinski definition) is 4. The third-order valence-electron chi connectivity index (χ3n) is 3.21. The van der Waals surface area contributed by atoms with Crippen molar-refractivity contribution in [2.45, 2.75) is 38.9 Å². The molecule has 1 rings (SSSR count). The molecule has 1 aromatic heterocycles. The Labute approximate surface area is 161 Å². The lowest BCUT2D eigenvalue weighted by Gasteiger charge is -2.12. The smallest absolute Gasteiger partial charge is 0.336 e. The first-order chi connectivity index (χ1) is 13.4. The second kappa shape index (κ2) is 11.7. The molecule has 0 radical (unpaired) electrons. The van der Waals surface area contributed by atoms with E-state index in [1.165, 1.54) is 0 Å². The first kappa shape index (κ1) is 25.0. The minimum Gasteiger partial charge on any atom is -0.481 e. The van der Waals surface area contributed by atoms with Gasteiger partial charge in [0.1, 0.15) is 0 Å². The number of carbonyl (C=O) groups is 4. The van der Waals surface area contributed by atoms with Gasteiger partial charge in [-0.2, -0.15) is 0 Å². The molecule has 1 aromatic rings. The van der Waals surface area contributed by atoms with E-state index in [-0.39, 0.29) is 0 Å². The highest BCUT2D eigenvalue weighted by Crippen LogP contribution is 1.88. The van der Waals surface area contributed by atoms with E-state index in [2.05, 4.69) is 6.58 Å². The Morgan fingerprint density at radius 3 is 1.00 bits per heavy atom. The molecule has 4 N–H and O–H groups in total. The number of hydrogen-bond acceptors (Lipinski definition) is 7. The third-order valence-corrected chi connectivity index (χ3v) is 3.21. The Balaban J connectivity index is 0.00000139. The highest BCUT2D eigenvalue weighted by Gasteiger charge is 2.17. The van der Waals surface area contributed by atoms with E-state index in [4.69, 9.17) is 20.4 Å². The van der Waals surface area contributed by atoms with Gasteiger partial charge in [-0.05, 0) is 0 Å². The van der Waals surface area contributed by atoms with Crippen LogP contribution in [-0.2, 0) is 38.8 Å². The second-order valence-corrected chi connectivity index (χ2v) is 5.28. The summed E-state index contributed by atoms with van der Waals surface area (Å²) in [6.07, 6.45) is -0.901. The zero-order valence-corrected chi connectivity index (χ0v) is 15.0. The highest BCUT2D eigenvalue weighted by atomic mass is 16.4. The molecule has 0 fully saturated rings. The van der Waals surface area contributed by atoms with Crippen molar-refractivity contribution >= 4 is 23.9 Å². The van der Waals surface area contributed by atoms with E-state index < -0.39 is 79.8 Å². The van der Waals surface area contributed by atoms with Crippen LogP contribution in [0.3, 0.4) is 0 Å². The average molecular weight is 417 g/mol. The van der Waals surface area contributed by atoms with Crippen molar-refractivity contribution in [2.24, 2.45) is 0 Å². The average Bonchev–Trinajstić information content (AvgIpc) is 2.61. The molecule has 0 unspecified atom stereocenters. The van der Waals surface area contributed by atoms with Crippen molar-refractivity contribution in [1.29, 1.82) is 0 Å². The van der Waals surface area contributed by atoms with Gasteiger partial charge < -0.3 is 20.4 Å². The summed E-state index contributed by atoms with van der Waals surface area (Å²) in [5, 5.41) is 33.6. The number of carboxylic acids is 4. The highest BCUT2D eigenvalue weighted by molar-refractivity contribution is 5.78. The summed E-state index contributed by atoms with van der Waals surface area (Å²) < 4.78 is 1.41. The molecule has 0 amide bonds. The van der Waals surface area contributed by atoms with Crippen LogP contribution in [0.4, 0.5) is 0 Å². The Morgan fingerprint density at radius 2 is 0.862 bits per heavy atom. The van der Waals surface area contributed by atoms with Crippen LogP contribution in [0.15, 0.2) is 27.0 Å². The molecule has 14 heteroatoms. The van der Waals surface area contributed by atoms with Crippen molar-refractivity contribution in [1.82, 2.24) is 13.7 Å². The van der Waals surface area contributed by atoms with Crippen LogP contribution in [-0.4, -0.2) is 58.0 Å². The van der Waals surface area contributed by atoms with Crippen LogP contribution in [0.2, 0.25) is 0 Å². The van der Waals surface area contributed by atoms with Crippen LogP contribution in [0.1, 0.15) is 19.3 Å². The fourth-order valence-corrected chi connectivity index (χ4v) is 1.88. The number of aromatic nitrogens is 3. The number of aliphatic carboxylic acids is 4. The van der Waals surface area contributed by atoms with E-state index in [0.29, 0.717) is 13.7 Å². The Bertz CT molecular complexity index is 827. The van der Waals surface area contributed by atoms with Gasteiger partial charge in [0.05, 0.1) is 19.3 Å². The second-order valence-electron chi connectivity index (χ2n) is 5.28. The van der Waals surface area contributed by atoms with E-state index in [9.17, 15) is 33.6 Å². The monoisotopic (exact) mass is 417 g/mol. The van der Waals surface area contributed by atoms with Crippen molar-refractivity contribution < 1.29 is 39.6 Å². The summed E-state index contributed by atoms with van der Waals surface area (Å²) in [5.41, 5.74) is -3.42. The van der Waals surface area contributed by atoms with E-state index in [0.717, 1.165) is 6.08 Å². The van der Waals surface area contributed by atoms with Crippen LogP contribution in [0, 0.1) is 0 Å². The van der Waals surface area contributed by atoms with Crippen molar-refractivity contribution in [3.05, 3.63) is 44.1 Å². The molecule has 0 saturated heterocycles. The molecular weight excluding hydrogens is 398 g/mol. The van der Waals surface area contributed by atoms with E-state index in [1.807, 2.05) is 0 Å². The van der Waals surface area contributed by atoms with Gasteiger partial charge in [0.15, 0.2) is 0 Å². The van der Waals surface area contributed by atoms with Gasteiger partial charge in [0, 0.05) is 25.7 Å². The minimum atomic E-state index is -1.29. The molecule has 29 heavy (non-hydrogen) atoms. The normalized spacial score (nSPS) is 9.79. The molecule has 1 heterocycles. The Kier molecular flexibility index (Phi) is 10.1. The fraction of sp³-hybridized carbons (Fsp3) is 0.400. The van der Waals surface area contributed by atoms with Gasteiger partial charge >= 0.3 is 40.9 Å². The number of rotatable bonds is 10. The number of nitrogens with zero attached hydrogens (tertiary/aromatic N) is 3. The molecule has 14 nitrogen and oxygen atoms in total. The fourth-order valence-electron chi connectivity index (χ4n) is 1.88. The zero-order valence-electron chi connectivity index (χ0n) is 15.0. The van der Waals surface area contributed by atoms with E-state index >= 15 is 0 Å². The summed E-state index contributed by atoms with van der Waals surface area (Å²) in [6.45, 7) is 1.36. The van der Waals surface area contributed by atoms with Gasteiger partial charge in [-0.25, -0.2) is 32.9 Å². The largest absolute Gasteiger partial charge is 0.481 e. The SMILES string of the molecule is C=CC(=O)O.O=C(O)CCn1c(=O)n(CCC(=O)O)c(=O)n(CCC(=O)O)c1=O. The summed E-state index contributed by atoms with van der Waals surface area (Å²) in [5.74, 6) is -4.85. The topological polar surface area (TPSA) is 215 Å². The van der Waals surface area contributed by atoms with Crippen molar-refractivity contribution in [2.75, 3.05) is 0 Å². The molecule has 0 spiro atoms. The lowest BCUT2D eigenvalue weighted by atomic mass is 10.4. The maximum Gasteiger partial charge on any atom is 0.336 e. The molecule has 0 aliphatic rings.